The molecule has 1 saturated carbocycles. The Kier molecular flexibility index (Phi) is 5.06. The van der Waals surface area contributed by atoms with Gasteiger partial charge in [-0.1, -0.05) is 38.0 Å². The van der Waals surface area contributed by atoms with E-state index in [1.165, 1.54) is 18.4 Å². The summed E-state index contributed by atoms with van der Waals surface area (Å²) < 4.78 is 0. The number of rotatable bonds is 4. The Morgan fingerprint density at radius 2 is 2.00 bits per heavy atom. The normalized spacial score (nSPS) is 27.1. The quantitative estimate of drug-likeness (QED) is 0.860. The molecule has 2 rings (SSSR count). The summed E-state index contributed by atoms with van der Waals surface area (Å²) in [6.45, 7) is 6.32. The van der Waals surface area contributed by atoms with E-state index in [9.17, 15) is 10.4 Å². The van der Waals surface area contributed by atoms with Crippen LogP contribution in [0.1, 0.15) is 68.2 Å². The molecule has 114 valence electrons. The Bertz CT molecular complexity index is 521. The van der Waals surface area contributed by atoms with E-state index in [0.29, 0.717) is 0 Å². The van der Waals surface area contributed by atoms with Crippen LogP contribution in [0.5, 0.6) is 0 Å². The van der Waals surface area contributed by atoms with E-state index >= 15 is 0 Å². The maximum absolute atomic E-state index is 10.9. The fraction of sp³-hybridized carbons (Fsp3) is 0.632. The number of aliphatic hydroxyl groups excluding tert-OH is 1. The zero-order chi connectivity index (χ0) is 15.5. The average molecular weight is 285 g/mol. The van der Waals surface area contributed by atoms with Crippen LogP contribution in [-0.2, 0) is 0 Å². The average Bonchev–Trinajstić information content (AvgIpc) is 2.51. The first kappa shape index (κ1) is 16.0. The van der Waals surface area contributed by atoms with Crippen molar-refractivity contribution in [1.29, 1.82) is 5.26 Å². The van der Waals surface area contributed by atoms with E-state index in [1.54, 1.807) is 0 Å². The van der Waals surface area contributed by atoms with Gasteiger partial charge in [0.05, 0.1) is 17.6 Å². The van der Waals surface area contributed by atoms with Gasteiger partial charge < -0.3 is 5.11 Å². The summed E-state index contributed by atoms with van der Waals surface area (Å²) in [6.07, 6.45) is 5.59. The van der Waals surface area contributed by atoms with Gasteiger partial charge in [-0.3, -0.25) is 0 Å². The number of aryl methyl sites for hydroxylation is 1. The van der Waals surface area contributed by atoms with Gasteiger partial charge in [-0.25, -0.2) is 0 Å². The van der Waals surface area contributed by atoms with Gasteiger partial charge in [-0.05, 0) is 62.1 Å². The molecule has 0 heterocycles. The third-order valence-corrected chi connectivity index (χ3v) is 5.38. The Morgan fingerprint density at radius 3 is 2.57 bits per heavy atom. The molecule has 1 fully saturated rings. The van der Waals surface area contributed by atoms with Gasteiger partial charge in [0.1, 0.15) is 0 Å². The van der Waals surface area contributed by atoms with Crippen LogP contribution in [0.4, 0.5) is 0 Å². The standard InChI is InChI=1S/C19H27NO/c1-4-6-16-9-11-19(13-20,12-10-16)18(21)17-8-5-7-14(2)15(17)3/h5,7-8,16,18,21H,4,6,9-12H2,1-3H3. The Morgan fingerprint density at radius 1 is 1.33 bits per heavy atom. The number of hydrogen-bond acceptors (Lipinski definition) is 2. The molecule has 0 radical (unpaired) electrons. The van der Waals surface area contributed by atoms with Gasteiger partial charge >= 0.3 is 0 Å². The lowest BCUT2D eigenvalue weighted by Crippen LogP contribution is -2.33. The lowest BCUT2D eigenvalue weighted by atomic mass is 9.65. The second-order valence-corrected chi connectivity index (χ2v) is 6.69. The minimum atomic E-state index is -0.662. The number of benzene rings is 1. The van der Waals surface area contributed by atoms with Crippen LogP contribution in [-0.4, -0.2) is 5.11 Å². The van der Waals surface area contributed by atoms with Crippen LogP contribution in [0.15, 0.2) is 18.2 Å². The van der Waals surface area contributed by atoms with E-state index in [1.807, 2.05) is 19.1 Å². The molecule has 0 spiro atoms. The van der Waals surface area contributed by atoms with E-state index in [2.05, 4.69) is 26.0 Å². The molecule has 2 nitrogen and oxygen atoms in total. The predicted molar refractivity (Wildman–Crippen MR) is 85.8 cm³/mol. The molecule has 2 heteroatoms. The largest absolute Gasteiger partial charge is 0.387 e. The zero-order valence-corrected chi connectivity index (χ0v) is 13.5. The van der Waals surface area contributed by atoms with Crippen molar-refractivity contribution in [2.45, 2.75) is 65.4 Å². The third-order valence-electron chi connectivity index (χ3n) is 5.38. The summed E-state index contributed by atoms with van der Waals surface area (Å²) in [5, 5.41) is 20.6. The summed E-state index contributed by atoms with van der Waals surface area (Å²) in [4.78, 5) is 0. The lowest BCUT2D eigenvalue weighted by Gasteiger charge is -2.39. The maximum Gasteiger partial charge on any atom is 0.0978 e. The number of nitrogens with zero attached hydrogens (tertiary/aromatic N) is 1. The zero-order valence-electron chi connectivity index (χ0n) is 13.5. The summed E-state index contributed by atoms with van der Waals surface area (Å²) in [5.74, 6) is 0.738. The molecule has 1 N–H and O–H groups in total. The highest BCUT2D eigenvalue weighted by Gasteiger charge is 2.42. The summed E-state index contributed by atoms with van der Waals surface area (Å²) >= 11 is 0. The van der Waals surface area contributed by atoms with Crippen molar-refractivity contribution in [3.63, 3.8) is 0 Å². The first-order valence-corrected chi connectivity index (χ1v) is 8.19. The van der Waals surface area contributed by atoms with Gasteiger partial charge in [0.2, 0.25) is 0 Å². The van der Waals surface area contributed by atoms with Crippen molar-refractivity contribution in [3.05, 3.63) is 34.9 Å². The Labute approximate surface area is 128 Å². The van der Waals surface area contributed by atoms with E-state index < -0.39 is 11.5 Å². The molecule has 0 bridgehead atoms. The molecule has 0 aliphatic heterocycles. The van der Waals surface area contributed by atoms with Crippen LogP contribution >= 0.6 is 0 Å². The monoisotopic (exact) mass is 285 g/mol. The predicted octanol–water partition coefficient (Wildman–Crippen LogP) is 4.84. The van der Waals surface area contributed by atoms with Gasteiger partial charge in [0.25, 0.3) is 0 Å². The van der Waals surface area contributed by atoms with Crippen molar-refractivity contribution in [3.8, 4) is 6.07 Å². The molecule has 1 unspecified atom stereocenters. The maximum atomic E-state index is 10.9. The van der Waals surface area contributed by atoms with Gasteiger partial charge in [0.15, 0.2) is 0 Å². The summed E-state index contributed by atoms with van der Waals surface area (Å²) in [6, 6.07) is 8.49. The van der Waals surface area contributed by atoms with Crippen LogP contribution in [0.25, 0.3) is 0 Å². The van der Waals surface area contributed by atoms with Crippen LogP contribution in [0.3, 0.4) is 0 Å². The van der Waals surface area contributed by atoms with E-state index in [-0.39, 0.29) is 0 Å². The fourth-order valence-electron chi connectivity index (χ4n) is 3.70. The van der Waals surface area contributed by atoms with Crippen molar-refractivity contribution < 1.29 is 5.11 Å². The number of hydrogen-bond donors (Lipinski definition) is 1. The molecular formula is C19H27NO. The van der Waals surface area contributed by atoms with Crippen molar-refractivity contribution >= 4 is 0 Å². The van der Waals surface area contributed by atoms with Crippen molar-refractivity contribution in [2.75, 3.05) is 0 Å². The molecule has 0 aromatic heterocycles. The highest BCUT2D eigenvalue weighted by atomic mass is 16.3. The van der Waals surface area contributed by atoms with Crippen LogP contribution in [0.2, 0.25) is 0 Å². The highest BCUT2D eigenvalue weighted by molar-refractivity contribution is 5.36. The Balaban J connectivity index is 2.22. The lowest BCUT2D eigenvalue weighted by molar-refractivity contribution is 0.0232. The summed E-state index contributed by atoms with van der Waals surface area (Å²) in [7, 11) is 0. The smallest absolute Gasteiger partial charge is 0.0978 e. The van der Waals surface area contributed by atoms with Gasteiger partial charge in [-0.15, -0.1) is 0 Å². The van der Waals surface area contributed by atoms with Gasteiger partial charge in [0, 0.05) is 0 Å². The first-order chi connectivity index (χ1) is 10.0. The van der Waals surface area contributed by atoms with Crippen molar-refractivity contribution in [2.24, 2.45) is 11.3 Å². The highest BCUT2D eigenvalue weighted by Crippen LogP contribution is 2.48. The van der Waals surface area contributed by atoms with Crippen LogP contribution in [0, 0.1) is 36.5 Å². The number of aliphatic hydroxyl groups is 1. The SMILES string of the molecule is CCCC1CCC(C#N)(C(O)c2cccc(C)c2C)CC1. The molecule has 1 aromatic carbocycles. The first-order valence-electron chi connectivity index (χ1n) is 8.19. The molecular weight excluding hydrogens is 258 g/mol. The summed E-state index contributed by atoms with van der Waals surface area (Å²) in [5.41, 5.74) is 2.64. The molecule has 1 aromatic rings. The van der Waals surface area contributed by atoms with Crippen LogP contribution < -0.4 is 0 Å². The second kappa shape index (κ2) is 6.62. The van der Waals surface area contributed by atoms with E-state index in [0.717, 1.165) is 42.7 Å². The molecule has 1 atom stereocenters. The number of nitriles is 1. The minimum Gasteiger partial charge on any atom is -0.387 e. The topological polar surface area (TPSA) is 44.0 Å². The molecule has 1 aliphatic carbocycles. The minimum absolute atomic E-state index is 0.594. The Hall–Kier alpha value is -1.33. The second-order valence-electron chi connectivity index (χ2n) is 6.69. The molecule has 0 saturated heterocycles. The van der Waals surface area contributed by atoms with Crippen molar-refractivity contribution in [1.82, 2.24) is 0 Å². The third kappa shape index (κ3) is 3.14. The van der Waals surface area contributed by atoms with E-state index in [4.69, 9.17) is 0 Å². The molecule has 21 heavy (non-hydrogen) atoms. The fourth-order valence-corrected chi connectivity index (χ4v) is 3.70. The molecule has 1 aliphatic rings. The molecule has 0 amide bonds. The van der Waals surface area contributed by atoms with Gasteiger partial charge in [-0.2, -0.15) is 5.26 Å².